The highest BCUT2D eigenvalue weighted by molar-refractivity contribution is 5.62. The Labute approximate surface area is 178 Å². The quantitative estimate of drug-likeness (QED) is 0.484. The van der Waals surface area contributed by atoms with E-state index in [9.17, 15) is 0 Å². The molecule has 0 saturated carbocycles. The summed E-state index contributed by atoms with van der Waals surface area (Å²) in [5, 5.41) is 12.7. The highest BCUT2D eigenvalue weighted by Gasteiger charge is 2.27. The molecule has 0 N–H and O–H groups in total. The van der Waals surface area contributed by atoms with Crippen molar-refractivity contribution in [3.05, 3.63) is 59.3 Å². The Hall–Kier alpha value is -3.72. The van der Waals surface area contributed by atoms with Gasteiger partial charge in [-0.05, 0) is 24.6 Å². The van der Waals surface area contributed by atoms with Gasteiger partial charge in [0, 0.05) is 11.6 Å². The zero-order valence-electron chi connectivity index (χ0n) is 17.4. The molecule has 0 unspecified atom stereocenters. The fourth-order valence-corrected chi connectivity index (χ4v) is 3.54. The van der Waals surface area contributed by atoms with Crippen LogP contribution in [-0.4, -0.2) is 39.4 Å². The Kier molecular flexibility index (Phi) is 4.87. The molecule has 31 heavy (non-hydrogen) atoms. The minimum atomic E-state index is -0.0762. The van der Waals surface area contributed by atoms with Crippen molar-refractivity contribution in [3.63, 3.8) is 0 Å². The number of methoxy groups -OCH3 is 2. The maximum absolute atomic E-state index is 6.08. The molecule has 5 rings (SSSR count). The Morgan fingerprint density at radius 1 is 1.03 bits per heavy atom. The minimum Gasteiger partial charge on any atom is -0.497 e. The molecule has 9 nitrogen and oxygen atoms in total. The molecule has 0 radical (unpaired) electrons. The van der Waals surface area contributed by atoms with Crippen LogP contribution < -0.4 is 9.47 Å². The Morgan fingerprint density at radius 3 is 2.48 bits per heavy atom. The molecule has 1 aliphatic rings. The summed E-state index contributed by atoms with van der Waals surface area (Å²) in [6, 6.07) is 13.7. The summed E-state index contributed by atoms with van der Waals surface area (Å²) in [5.41, 5.74) is 4.38. The van der Waals surface area contributed by atoms with Gasteiger partial charge in [-0.1, -0.05) is 40.2 Å². The largest absolute Gasteiger partial charge is 0.497 e. The smallest absolute Gasteiger partial charge is 0.258 e. The SMILES string of the molecule is COc1cc(OC)cc(-c2nc(-c3nnn4c3CO[C@H](c3ccc(C)cc3)C4)no2)c1. The van der Waals surface area contributed by atoms with Crippen LogP contribution >= 0.6 is 0 Å². The summed E-state index contributed by atoms with van der Waals surface area (Å²) >= 11 is 0. The zero-order chi connectivity index (χ0) is 21.4. The number of rotatable bonds is 5. The number of nitrogens with zero attached hydrogens (tertiary/aromatic N) is 5. The van der Waals surface area contributed by atoms with E-state index < -0.39 is 0 Å². The summed E-state index contributed by atoms with van der Waals surface area (Å²) in [6.45, 7) is 3.00. The van der Waals surface area contributed by atoms with E-state index >= 15 is 0 Å². The lowest BCUT2D eigenvalue weighted by Gasteiger charge is -2.24. The Balaban J connectivity index is 1.41. The molecule has 9 heteroatoms. The number of fused-ring (bicyclic) bond motifs is 1. The van der Waals surface area contributed by atoms with Crippen LogP contribution in [0.2, 0.25) is 0 Å². The predicted octanol–water partition coefficient (Wildman–Crippen LogP) is 3.59. The maximum Gasteiger partial charge on any atom is 0.258 e. The first-order chi connectivity index (χ1) is 15.1. The van der Waals surface area contributed by atoms with Crippen molar-refractivity contribution in [1.29, 1.82) is 0 Å². The van der Waals surface area contributed by atoms with E-state index in [0.717, 1.165) is 11.3 Å². The van der Waals surface area contributed by atoms with E-state index in [1.807, 2.05) is 4.68 Å². The van der Waals surface area contributed by atoms with Gasteiger partial charge >= 0.3 is 0 Å². The van der Waals surface area contributed by atoms with Gasteiger partial charge in [0.25, 0.3) is 5.89 Å². The van der Waals surface area contributed by atoms with Gasteiger partial charge in [-0.2, -0.15) is 4.98 Å². The predicted molar refractivity (Wildman–Crippen MR) is 111 cm³/mol. The third-order valence-electron chi connectivity index (χ3n) is 5.28. The van der Waals surface area contributed by atoms with E-state index in [2.05, 4.69) is 51.6 Å². The number of hydrogen-bond donors (Lipinski definition) is 0. The second kappa shape index (κ2) is 7.84. The highest BCUT2D eigenvalue weighted by Crippen LogP contribution is 2.32. The van der Waals surface area contributed by atoms with Gasteiger partial charge < -0.3 is 18.7 Å². The summed E-state index contributed by atoms with van der Waals surface area (Å²) in [6.07, 6.45) is -0.0762. The van der Waals surface area contributed by atoms with Crippen molar-refractivity contribution in [3.8, 4) is 34.5 Å². The van der Waals surface area contributed by atoms with Gasteiger partial charge in [0.1, 0.15) is 17.6 Å². The average molecular weight is 419 g/mol. The van der Waals surface area contributed by atoms with Crippen LogP contribution in [0, 0.1) is 6.92 Å². The van der Waals surface area contributed by atoms with Gasteiger partial charge in [0.2, 0.25) is 5.82 Å². The lowest BCUT2D eigenvalue weighted by atomic mass is 10.1. The number of aryl methyl sites for hydroxylation is 1. The van der Waals surface area contributed by atoms with Crippen molar-refractivity contribution < 1.29 is 18.7 Å². The van der Waals surface area contributed by atoms with Crippen molar-refractivity contribution in [1.82, 2.24) is 25.1 Å². The first kappa shape index (κ1) is 19.3. The standard InChI is InChI=1S/C22H21N5O4/c1-13-4-6-14(7-5-13)19-11-27-18(12-30-19)20(24-26-27)21-23-22(31-25-21)15-8-16(28-2)10-17(9-15)29-3/h4-10,19H,11-12H2,1-3H3/t19-/m0/s1. The molecule has 158 valence electrons. The lowest BCUT2D eigenvalue weighted by Crippen LogP contribution is -2.22. The fourth-order valence-electron chi connectivity index (χ4n) is 3.54. The molecule has 0 saturated heterocycles. The zero-order valence-corrected chi connectivity index (χ0v) is 17.4. The van der Waals surface area contributed by atoms with E-state index in [4.69, 9.17) is 18.7 Å². The van der Waals surface area contributed by atoms with Crippen LogP contribution in [0.25, 0.3) is 23.0 Å². The number of hydrogen-bond acceptors (Lipinski definition) is 8. The molecule has 0 aliphatic carbocycles. The summed E-state index contributed by atoms with van der Waals surface area (Å²) in [5.74, 6) is 1.95. The van der Waals surface area contributed by atoms with Gasteiger partial charge in [0.05, 0.1) is 33.1 Å². The highest BCUT2D eigenvalue weighted by atomic mass is 16.5. The van der Waals surface area contributed by atoms with Crippen LogP contribution in [-0.2, 0) is 17.9 Å². The van der Waals surface area contributed by atoms with Crippen LogP contribution in [0.3, 0.4) is 0 Å². The summed E-state index contributed by atoms with van der Waals surface area (Å²) in [7, 11) is 3.18. The molecule has 2 aromatic carbocycles. The first-order valence-corrected chi connectivity index (χ1v) is 9.82. The van der Waals surface area contributed by atoms with E-state index in [-0.39, 0.29) is 6.10 Å². The van der Waals surface area contributed by atoms with Gasteiger partial charge in [-0.15, -0.1) is 5.10 Å². The maximum atomic E-state index is 6.08. The lowest BCUT2D eigenvalue weighted by molar-refractivity contribution is -0.00112. The monoisotopic (exact) mass is 419 g/mol. The molecular formula is C22H21N5O4. The molecule has 4 aromatic rings. The van der Waals surface area contributed by atoms with Crippen LogP contribution in [0.4, 0.5) is 0 Å². The van der Waals surface area contributed by atoms with E-state index in [0.29, 0.717) is 47.6 Å². The topological polar surface area (TPSA) is 97.3 Å². The van der Waals surface area contributed by atoms with Crippen molar-refractivity contribution in [2.45, 2.75) is 26.2 Å². The first-order valence-electron chi connectivity index (χ1n) is 9.82. The summed E-state index contributed by atoms with van der Waals surface area (Å²) in [4.78, 5) is 4.51. The summed E-state index contributed by atoms with van der Waals surface area (Å²) < 4.78 is 24.0. The minimum absolute atomic E-state index is 0.0762. The second-order valence-electron chi connectivity index (χ2n) is 7.30. The molecule has 1 atom stereocenters. The van der Waals surface area contributed by atoms with Gasteiger partial charge in [-0.3, -0.25) is 0 Å². The van der Waals surface area contributed by atoms with Crippen LogP contribution in [0.5, 0.6) is 11.5 Å². The van der Waals surface area contributed by atoms with Crippen LogP contribution in [0.15, 0.2) is 47.0 Å². The molecule has 0 amide bonds. The fraction of sp³-hybridized carbons (Fsp3) is 0.273. The van der Waals surface area contributed by atoms with E-state index in [1.165, 1.54) is 5.56 Å². The third kappa shape index (κ3) is 3.64. The average Bonchev–Trinajstić information content (AvgIpc) is 3.46. The number of ether oxygens (including phenoxy) is 3. The third-order valence-corrected chi connectivity index (χ3v) is 5.28. The Bertz CT molecular complexity index is 1190. The second-order valence-corrected chi connectivity index (χ2v) is 7.30. The molecule has 2 aromatic heterocycles. The molecule has 1 aliphatic heterocycles. The van der Waals surface area contributed by atoms with Crippen molar-refractivity contribution in [2.75, 3.05) is 14.2 Å². The van der Waals surface area contributed by atoms with Crippen molar-refractivity contribution in [2.24, 2.45) is 0 Å². The molecule has 0 fully saturated rings. The molecule has 3 heterocycles. The van der Waals surface area contributed by atoms with Gasteiger partial charge in [-0.25, -0.2) is 4.68 Å². The molecule has 0 bridgehead atoms. The number of aromatic nitrogens is 5. The van der Waals surface area contributed by atoms with Crippen molar-refractivity contribution >= 4 is 0 Å². The molecule has 0 spiro atoms. The normalized spacial score (nSPS) is 15.5. The van der Waals surface area contributed by atoms with E-state index in [1.54, 1.807) is 32.4 Å². The van der Waals surface area contributed by atoms with Crippen LogP contribution in [0.1, 0.15) is 22.9 Å². The van der Waals surface area contributed by atoms with Gasteiger partial charge in [0.15, 0.2) is 5.69 Å². The molecular weight excluding hydrogens is 398 g/mol. The number of benzene rings is 2. The Morgan fingerprint density at radius 2 is 1.77 bits per heavy atom.